The minimum atomic E-state index is -0.137. The van der Waals surface area contributed by atoms with Crippen LogP contribution >= 0.6 is 23.1 Å². The van der Waals surface area contributed by atoms with Crippen molar-refractivity contribution in [2.45, 2.75) is 11.1 Å². The first-order valence-corrected chi connectivity index (χ1v) is 7.27. The average molecular weight is 295 g/mol. The van der Waals surface area contributed by atoms with E-state index in [2.05, 4.69) is 20.8 Å². The molecule has 0 unspecified atom stereocenters. The lowest BCUT2D eigenvalue weighted by molar-refractivity contribution is -0.118. The van der Waals surface area contributed by atoms with Gasteiger partial charge in [-0.15, -0.1) is 11.8 Å². The van der Waals surface area contributed by atoms with Crippen molar-refractivity contribution >= 4 is 40.0 Å². The monoisotopic (exact) mass is 295 g/mol. The van der Waals surface area contributed by atoms with E-state index in [0.29, 0.717) is 16.7 Å². The van der Waals surface area contributed by atoms with Crippen LogP contribution in [-0.2, 0) is 4.79 Å². The molecule has 0 atom stereocenters. The van der Waals surface area contributed by atoms with Gasteiger partial charge in [-0.2, -0.15) is 0 Å². The van der Waals surface area contributed by atoms with Crippen molar-refractivity contribution in [3.8, 4) is 0 Å². The SMILES string of the molecule is Cc1nc(N)sc1SCC(=O)NNc1ccccn1. The fourth-order valence-corrected chi connectivity index (χ4v) is 3.10. The van der Waals surface area contributed by atoms with E-state index < -0.39 is 0 Å². The minimum absolute atomic E-state index is 0.137. The van der Waals surface area contributed by atoms with Crippen LogP contribution in [0.15, 0.2) is 28.6 Å². The molecule has 2 aromatic heterocycles. The van der Waals surface area contributed by atoms with Gasteiger partial charge in [-0.3, -0.25) is 15.6 Å². The number of hydrogen-bond acceptors (Lipinski definition) is 7. The number of amides is 1. The number of hydrazine groups is 1. The second-order valence-corrected chi connectivity index (χ2v) is 5.88. The molecule has 6 nitrogen and oxygen atoms in total. The number of nitrogens with one attached hydrogen (secondary N) is 2. The van der Waals surface area contributed by atoms with Crippen LogP contribution in [0.25, 0.3) is 0 Å². The highest BCUT2D eigenvalue weighted by atomic mass is 32.2. The summed E-state index contributed by atoms with van der Waals surface area (Å²) in [6, 6.07) is 5.40. The van der Waals surface area contributed by atoms with Crippen LogP contribution in [0.5, 0.6) is 0 Å². The van der Waals surface area contributed by atoms with Crippen molar-refractivity contribution in [1.82, 2.24) is 15.4 Å². The molecule has 0 aliphatic carbocycles. The predicted octanol–water partition coefficient (Wildman–Crippen LogP) is 1.66. The van der Waals surface area contributed by atoms with Crippen LogP contribution in [0.1, 0.15) is 5.69 Å². The van der Waals surface area contributed by atoms with Crippen molar-refractivity contribution in [3.05, 3.63) is 30.1 Å². The third kappa shape index (κ3) is 4.11. The number of rotatable bonds is 5. The molecule has 0 aliphatic heterocycles. The van der Waals surface area contributed by atoms with Gasteiger partial charge in [0.05, 0.1) is 15.7 Å². The van der Waals surface area contributed by atoms with Gasteiger partial charge in [0.1, 0.15) is 5.82 Å². The summed E-state index contributed by atoms with van der Waals surface area (Å²) in [6.45, 7) is 1.87. The number of carbonyl (C=O) groups excluding carboxylic acids is 1. The highest BCUT2D eigenvalue weighted by Crippen LogP contribution is 2.30. The lowest BCUT2D eigenvalue weighted by Crippen LogP contribution is -2.31. The summed E-state index contributed by atoms with van der Waals surface area (Å²) in [5.74, 6) is 0.753. The molecule has 0 spiro atoms. The largest absolute Gasteiger partial charge is 0.375 e. The Hall–Kier alpha value is -1.80. The van der Waals surface area contributed by atoms with E-state index in [-0.39, 0.29) is 5.91 Å². The Morgan fingerprint density at radius 3 is 3.00 bits per heavy atom. The van der Waals surface area contributed by atoms with Gasteiger partial charge in [-0.1, -0.05) is 17.4 Å². The van der Waals surface area contributed by atoms with Crippen molar-refractivity contribution in [3.63, 3.8) is 0 Å². The molecule has 0 fully saturated rings. The van der Waals surface area contributed by atoms with Gasteiger partial charge in [0.15, 0.2) is 5.13 Å². The molecule has 2 rings (SSSR count). The second kappa shape index (κ2) is 6.39. The van der Waals surface area contributed by atoms with Gasteiger partial charge in [0.2, 0.25) is 5.91 Å². The van der Waals surface area contributed by atoms with Gasteiger partial charge in [0, 0.05) is 6.20 Å². The van der Waals surface area contributed by atoms with Gasteiger partial charge in [-0.05, 0) is 19.1 Å². The Kier molecular flexibility index (Phi) is 4.58. The number of aryl methyl sites for hydroxylation is 1. The molecule has 0 saturated carbocycles. The smallest absolute Gasteiger partial charge is 0.248 e. The maximum absolute atomic E-state index is 11.6. The molecule has 19 heavy (non-hydrogen) atoms. The number of hydrogen-bond donors (Lipinski definition) is 3. The summed E-state index contributed by atoms with van der Waals surface area (Å²) in [7, 11) is 0. The summed E-state index contributed by atoms with van der Waals surface area (Å²) in [6.07, 6.45) is 1.65. The van der Waals surface area contributed by atoms with E-state index in [9.17, 15) is 4.79 Å². The van der Waals surface area contributed by atoms with E-state index in [4.69, 9.17) is 5.73 Å². The number of nitrogen functional groups attached to an aromatic ring is 1. The molecule has 1 amide bonds. The second-order valence-electron chi connectivity index (χ2n) is 3.60. The zero-order valence-corrected chi connectivity index (χ0v) is 11.8. The number of anilines is 2. The van der Waals surface area contributed by atoms with Crippen LogP contribution in [0, 0.1) is 6.92 Å². The maximum atomic E-state index is 11.6. The number of aromatic nitrogens is 2. The Balaban J connectivity index is 1.77. The van der Waals surface area contributed by atoms with Crippen LogP contribution in [-0.4, -0.2) is 21.6 Å². The van der Waals surface area contributed by atoms with Crippen LogP contribution in [0.2, 0.25) is 0 Å². The summed E-state index contributed by atoms with van der Waals surface area (Å²) in [4.78, 5) is 19.8. The molecule has 0 bridgehead atoms. The van der Waals surface area contributed by atoms with Crippen molar-refractivity contribution in [2.75, 3.05) is 16.9 Å². The van der Waals surface area contributed by atoms with Gasteiger partial charge in [0.25, 0.3) is 0 Å². The van der Waals surface area contributed by atoms with Gasteiger partial charge < -0.3 is 5.73 Å². The van der Waals surface area contributed by atoms with E-state index in [1.807, 2.05) is 13.0 Å². The lowest BCUT2D eigenvalue weighted by Gasteiger charge is -2.06. The zero-order valence-electron chi connectivity index (χ0n) is 10.2. The van der Waals surface area contributed by atoms with E-state index in [1.165, 1.54) is 23.1 Å². The first kappa shape index (κ1) is 13.6. The summed E-state index contributed by atoms with van der Waals surface area (Å²) in [5.41, 5.74) is 11.8. The Bertz CT molecular complexity index is 557. The van der Waals surface area contributed by atoms with Gasteiger partial charge >= 0.3 is 0 Å². The summed E-state index contributed by atoms with van der Waals surface area (Å²) in [5, 5.41) is 0.520. The van der Waals surface area contributed by atoms with Crippen LogP contribution in [0.4, 0.5) is 10.9 Å². The zero-order chi connectivity index (χ0) is 13.7. The molecule has 2 heterocycles. The number of carbonyl (C=O) groups is 1. The highest BCUT2D eigenvalue weighted by molar-refractivity contribution is 8.01. The molecular formula is C11H13N5OS2. The molecule has 100 valence electrons. The predicted molar refractivity (Wildman–Crippen MR) is 78.0 cm³/mol. The van der Waals surface area contributed by atoms with Gasteiger partial charge in [-0.25, -0.2) is 9.97 Å². The minimum Gasteiger partial charge on any atom is -0.375 e. The van der Waals surface area contributed by atoms with E-state index in [1.54, 1.807) is 18.3 Å². The number of thioether (sulfide) groups is 1. The van der Waals surface area contributed by atoms with Crippen LogP contribution in [0.3, 0.4) is 0 Å². The van der Waals surface area contributed by atoms with E-state index >= 15 is 0 Å². The number of nitrogens with zero attached hydrogens (tertiary/aromatic N) is 2. The molecule has 0 aromatic carbocycles. The third-order valence-corrected chi connectivity index (χ3v) is 4.45. The number of nitrogens with two attached hydrogens (primary N) is 1. The van der Waals surface area contributed by atoms with E-state index in [0.717, 1.165) is 9.90 Å². The van der Waals surface area contributed by atoms with Crippen LogP contribution < -0.4 is 16.6 Å². The quantitative estimate of drug-likeness (QED) is 0.574. The number of thiazole rings is 1. The summed E-state index contributed by atoms with van der Waals surface area (Å²) >= 11 is 2.80. The number of pyridine rings is 1. The van der Waals surface area contributed by atoms with Crippen molar-refractivity contribution < 1.29 is 4.79 Å². The first-order valence-electron chi connectivity index (χ1n) is 5.47. The molecule has 0 saturated heterocycles. The fraction of sp³-hybridized carbons (Fsp3) is 0.182. The molecule has 0 aliphatic rings. The fourth-order valence-electron chi connectivity index (χ4n) is 1.27. The highest BCUT2D eigenvalue weighted by Gasteiger charge is 2.08. The molecule has 2 aromatic rings. The normalized spacial score (nSPS) is 10.2. The Morgan fingerprint density at radius 1 is 1.53 bits per heavy atom. The molecule has 0 radical (unpaired) electrons. The van der Waals surface area contributed by atoms with Crippen molar-refractivity contribution in [1.29, 1.82) is 0 Å². The van der Waals surface area contributed by atoms with Crippen molar-refractivity contribution in [2.24, 2.45) is 0 Å². The topological polar surface area (TPSA) is 92.9 Å². The molecular weight excluding hydrogens is 282 g/mol. The molecule has 8 heteroatoms. The molecule has 4 N–H and O–H groups in total. The Morgan fingerprint density at radius 2 is 2.37 bits per heavy atom. The maximum Gasteiger partial charge on any atom is 0.248 e. The lowest BCUT2D eigenvalue weighted by atomic mass is 10.5. The average Bonchev–Trinajstić information content (AvgIpc) is 2.73. The Labute approximate surface area is 118 Å². The first-order chi connectivity index (χ1) is 9.15. The third-order valence-electron chi connectivity index (χ3n) is 2.10. The summed E-state index contributed by atoms with van der Waals surface area (Å²) < 4.78 is 0.963. The standard InChI is InChI=1S/C11H13N5OS2/c1-7-10(19-11(12)14-7)18-6-9(17)16-15-8-4-2-3-5-13-8/h2-5H,6H2,1H3,(H2,12,14)(H,13,15)(H,16,17).